The van der Waals surface area contributed by atoms with Crippen LogP contribution in [0.3, 0.4) is 0 Å². The van der Waals surface area contributed by atoms with E-state index in [0.717, 1.165) is 67.8 Å². The molecule has 4 rings (SSSR count). The number of pyridine rings is 1. The smallest absolute Gasteiger partial charge is 0.183 e. The fourth-order valence-corrected chi connectivity index (χ4v) is 2.85. The second-order valence-corrected chi connectivity index (χ2v) is 5.94. The van der Waals surface area contributed by atoms with Crippen molar-refractivity contribution in [3.8, 4) is 11.4 Å². The van der Waals surface area contributed by atoms with Gasteiger partial charge in [0, 0.05) is 31.4 Å². The van der Waals surface area contributed by atoms with Crippen LogP contribution in [-0.4, -0.2) is 57.8 Å². The number of anilines is 2. The summed E-state index contributed by atoms with van der Waals surface area (Å²) < 4.78 is 5.38. The number of fused-ring (bicyclic) bond motifs is 1. The Morgan fingerprint density at radius 2 is 2.08 bits per heavy atom. The van der Waals surface area contributed by atoms with Gasteiger partial charge < -0.3 is 19.9 Å². The highest BCUT2D eigenvalue weighted by atomic mass is 16.5. The van der Waals surface area contributed by atoms with Crippen molar-refractivity contribution < 1.29 is 4.74 Å². The second kappa shape index (κ2) is 7.02. The first-order chi connectivity index (χ1) is 12.3. The Kier molecular flexibility index (Phi) is 4.43. The minimum Gasteiger partial charge on any atom is -0.378 e. The third-order valence-electron chi connectivity index (χ3n) is 4.19. The fourth-order valence-electron chi connectivity index (χ4n) is 2.85. The van der Waals surface area contributed by atoms with Crippen LogP contribution in [0.4, 0.5) is 11.6 Å². The molecule has 0 radical (unpaired) electrons. The predicted octanol–water partition coefficient (Wildman–Crippen LogP) is 2.07. The van der Waals surface area contributed by atoms with Crippen LogP contribution in [0.1, 0.15) is 13.3 Å². The molecule has 1 aliphatic rings. The van der Waals surface area contributed by atoms with Gasteiger partial charge in [-0.2, -0.15) is 0 Å². The number of nitrogens with one attached hydrogen (secondary N) is 2. The molecule has 0 bridgehead atoms. The Bertz CT molecular complexity index is 840. The highest BCUT2D eigenvalue weighted by Gasteiger charge is 2.14. The van der Waals surface area contributed by atoms with Gasteiger partial charge in [-0.25, -0.2) is 19.9 Å². The van der Waals surface area contributed by atoms with Gasteiger partial charge in [-0.05, 0) is 18.6 Å². The normalized spacial score (nSPS) is 14.8. The number of hydrogen-bond donors (Lipinski definition) is 2. The largest absolute Gasteiger partial charge is 0.378 e. The molecule has 25 heavy (non-hydrogen) atoms. The molecule has 0 spiro atoms. The molecular formula is C17H21N7O. The molecule has 3 aromatic rings. The van der Waals surface area contributed by atoms with Gasteiger partial charge in [-0.1, -0.05) is 6.92 Å². The Balaban J connectivity index is 1.60. The summed E-state index contributed by atoms with van der Waals surface area (Å²) in [6.07, 6.45) is 4.40. The van der Waals surface area contributed by atoms with E-state index in [4.69, 9.17) is 4.74 Å². The van der Waals surface area contributed by atoms with E-state index in [1.165, 1.54) is 6.33 Å². The number of imidazole rings is 1. The SMILES string of the molecule is CCCNc1ncnc2nc(-c3ccc(N4CCOCC4)nc3)[nH]c12. The van der Waals surface area contributed by atoms with E-state index >= 15 is 0 Å². The zero-order valence-electron chi connectivity index (χ0n) is 14.2. The van der Waals surface area contributed by atoms with Crippen molar-refractivity contribution in [2.45, 2.75) is 13.3 Å². The molecule has 0 unspecified atom stereocenters. The van der Waals surface area contributed by atoms with Crippen molar-refractivity contribution >= 4 is 22.8 Å². The molecule has 3 aromatic heterocycles. The summed E-state index contributed by atoms with van der Waals surface area (Å²) >= 11 is 0. The summed E-state index contributed by atoms with van der Waals surface area (Å²) in [5, 5.41) is 3.30. The highest BCUT2D eigenvalue weighted by Crippen LogP contribution is 2.24. The molecule has 2 N–H and O–H groups in total. The Labute approximate surface area is 145 Å². The number of ether oxygens (including phenoxy) is 1. The van der Waals surface area contributed by atoms with E-state index in [-0.39, 0.29) is 0 Å². The van der Waals surface area contributed by atoms with Crippen LogP contribution in [0.15, 0.2) is 24.7 Å². The van der Waals surface area contributed by atoms with E-state index < -0.39 is 0 Å². The lowest BCUT2D eigenvalue weighted by atomic mass is 10.2. The molecule has 130 valence electrons. The first-order valence-electron chi connectivity index (χ1n) is 8.59. The highest BCUT2D eigenvalue weighted by molar-refractivity contribution is 5.85. The number of hydrogen-bond acceptors (Lipinski definition) is 7. The van der Waals surface area contributed by atoms with Crippen molar-refractivity contribution in [1.29, 1.82) is 0 Å². The van der Waals surface area contributed by atoms with Crippen LogP contribution < -0.4 is 10.2 Å². The Morgan fingerprint density at radius 1 is 1.20 bits per heavy atom. The minimum absolute atomic E-state index is 0.654. The number of rotatable bonds is 5. The lowest BCUT2D eigenvalue weighted by Gasteiger charge is -2.27. The van der Waals surface area contributed by atoms with Crippen LogP contribution in [0.2, 0.25) is 0 Å². The second-order valence-electron chi connectivity index (χ2n) is 5.94. The zero-order valence-corrected chi connectivity index (χ0v) is 14.2. The Hall–Kier alpha value is -2.74. The van der Waals surface area contributed by atoms with Crippen molar-refractivity contribution in [2.75, 3.05) is 43.1 Å². The maximum absolute atomic E-state index is 5.38. The monoisotopic (exact) mass is 339 g/mol. The molecule has 8 heteroatoms. The van der Waals surface area contributed by atoms with Crippen molar-refractivity contribution in [1.82, 2.24) is 24.9 Å². The van der Waals surface area contributed by atoms with Gasteiger partial charge in [0.25, 0.3) is 0 Å². The van der Waals surface area contributed by atoms with Gasteiger partial charge in [0.1, 0.15) is 23.5 Å². The topological polar surface area (TPSA) is 91.8 Å². The number of H-pyrrole nitrogens is 1. The van der Waals surface area contributed by atoms with E-state index in [0.29, 0.717) is 5.65 Å². The molecule has 8 nitrogen and oxygen atoms in total. The summed E-state index contributed by atoms with van der Waals surface area (Å²) in [7, 11) is 0. The molecule has 4 heterocycles. The number of morpholine rings is 1. The summed E-state index contributed by atoms with van der Waals surface area (Å²) in [4.78, 5) is 23.2. The van der Waals surface area contributed by atoms with Crippen molar-refractivity contribution in [3.63, 3.8) is 0 Å². The average molecular weight is 339 g/mol. The quantitative estimate of drug-likeness (QED) is 0.735. The molecule has 1 fully saturated rings. The predicted molar refractivity (Wildman–Crippen MR) is 96.7 cm³/mol. The molecule has 1 aliphatic heterocycles. The average Bonchev–Trinajstić information content (AvgIpc) is 3.12. The van der Waals surface area contributed by atoms with Crippen molar-refractivity contribution in [3.05, 3.63) is 24.7 Å². The van der Waals surface area contributed by atoms with E-state index in [1.807, 2.05) is 18.3 Å². The third-order valence-corrected chi connectivity index (χ3v) is 4.19. The van der Waals surface area contributed by atoms with E-state index in [2.05, 4.69) is 42.1 Å². The summed E-state index contributed by atoms with van der Waals surface area (Å²) in [5.74, 6) is 2.49. The van der Waals surface area contributed by atoms with Crippen LogP contribution >= 0.6 is 0 Å². The first kappa shape index (κ1) is 15.8. The maximum atomic E-state index is 5.38. The number of aromatic amines is 1. The van der Waals surface area contributed by atoms with Gasteiger partial charge in [-0.15, -0.1) is 0 Å². The van der Waals surface area contributed by atoms with Crippen LogP contribution in [0.5, 0.6) is 0 Å². The lowest BCUT2D eigenvalue weighted by molar-refractivity contribution is 0.122. The van der Waals surface area contributed by atoms with Gasteiger partial charge in [-0.3, -0.25) is 0 Å². The molecule has 0 saturated carbocycles. The van der Waals surface area contributed by atoms with Gasteiger partial charge in [0.2, 0.25) is 0 Å². The first-order valence-corrected chi connectivity index (χ1v) is 8.59. The standard InChI is InChI=1S/C17H21N7O/c1-2-5-18-16-14-17(21-11-20-16)23-15(22-14)12-3-4-13(19-10-12)24-6-8-25-9-7-24/h3-4,10-11H,2,5-9H2,1H3,(H2,18,20,21,22,23). The summed E-state index contributed by atoms with van der Waals surface area (Å²) in [6, 6.07) is 4.05. The third kappa shape index (κ3) is 3.25. The maximum Gasteiger partial charge on any atom is 0.183 e. The minimum atomic E-state index is 0.654. The molecule has 0 aliphatic carbocycles. The van der Waals surface area contributed by atoms with Crippen molar-refractivity contribution in [2.24, 2.45) is 0 Å². The van der Waals surface area contributed by atoms with Gasteiger partial charge >= 0.3 is 0 Å². The summed E-state index contributed by atoms with van der Waals surface area (Å²) in [6.45, 7) is 6.22. The molecular weight excluding hydrogens is 318 g/mol. The molecule has 0 atom stereocenters. The fraction of sp³-hybridized carbons (Fsp3) is 0.412. The summed E-state index contributed by atoms with van der Waals surface area (Å²) in [5.41, 5.74) is 2.40. The Morgan fingerprint density at radius 3 is 2.84 bits per heavy atom. The van der Waals surface area contributed by atoms with Gasteiger partial charge in [0.15, 0.2) is 11.5 Å². The molecule has 0 aromatic carbocycles. The number of nitrogens with zero attached hydrogens (tertiary/aromatic N) is 5. The molecule has 0 amide bonds. The van der Waals surface area contributed by atoms with Crippen LogP contribution in [-0.2, 0) is 4.74 Å². The molecule has 1 saturated heterocycles. The lowest BCUT2D eigenvalue weighted by Crippen LogP contribution is -2.36. The van der Waals surface area contributed by atoms with Crippen LogP contribution in [0.25, 0.3) is 22.6 Å². The van der Waals surface area contributed by atoms with Crippen LogP contribution in [0, 0.1) is 0 Å². The van der Waals surface area contributed by atoms with E-state index in [1.54, 1.807) is 0 Å². The van der Waals surface area contributed by atoms with Gasteiger partial charge in [0.05, 0.1) is 13.2 Å². The number of aromatic nitrogens is 5. The van der Waals surface area contributed by atoms with E-state index in [9.17, 15) is 0 Å². The zero-order chi connectivity index (χ0) is 17.1.